The smallest absolute Gasteiger partial charge is 0.416 e. The standard InChI is InChI=1S/C29H29F6N2O2/c1-3-18-16-37(15-17-10-20(28(30,31)32)13-21(11-17)29(33,34)35)9-7-19(18)12-26(37)27(38)23-6-8-36-25-5-4-22(39-2)14-24(23)25/h3-6,8,10-11,13-14,18-19,26-27,38H,1,7,9,12,15-16H2,2H3/q+1/t18?,19?,26?,27-,37?/m0/s1. The monoisotopic (exact) mass is 551 g/mol. The van der Waals surface area contributed by atoms with E-state index < -0.39 is 35.6 Å². The number of ether oxygens (including phenoxy) is 1. The molecule has 0 aliphatic carbocycles. The predicted molar refractivity (Wildman–Crippen MR) is 134 cm³/mol. The molecular formula is C29H29F6N2O2+. The van der Waals surface area contributed by atoms with Crippen molar-refractivity contribution in [2.45, 2.75) is 43.9 Å². The van der Waals surface area contributed by atoms with Gasteiger partial charge in [-0.15, -0.1) is 6.58 Å². The molecule has 4 heterocycles. The van der Waals surface area contributed by atoms with Gasteiger partial charge in [-0.1, -0.05) is 6.08 Å². The lowest BCUT2D eigenvalue weighted by atomic mass is 9.71. The number of fused-ring (bicyclic) bond motifs is 4. The van der Waals surface area contributed by atoms with Crippen molar-refractivity contribution in [3.8, 4) is 5.75 Å². The minimum atomic E-state index is -4.93. The Labute approximate surface area is 222 Å². The number of halogens is 6. The molecule has 1 aromatic heterocycles. The minimum Gasteiger partial charge on any atom is -0.497 e. The molecule has 4 unspecified atom stereocenters. The first kappa shape index (κ1) is 27.5. The summed E-state index contributed by atoms with van der Waals surface area (Å²) >= 11 is 0. The number of aromatic nitrogens is 1. The van der Waals surface area contributed by atoms with Crippen LogP contribution in [0, 0.1) is 11.8 Å². The molecule has 2 aromatic carbocycles. The van der Waals surface area contributed by atoms with Crippen LogP contribution in [0.2, 0.25) is 0 Å². The molecule has 3 aliphatic rings. The summed E-state index contributed by atoms with van der Waals surface area (Å²) in [5, 5.41) is 12.5. The van der Waals surface area contributed by atoms with Crippen molar-refractivity contribution in [3.63, 3.8) is 0 Å². The van der Waals surface area contributed by atoms with Gasteiger partial charge in [0, 0.05) is 35.9 Å². The summed E-state index contributed by atoms with van der Waals surface area (Å²) in [6.07, 6.45) is -6.16. The van der Waals surface area contributed by atoms with Crippen molar-refractivity contribution in [2.75, 3.05) is 20.2 Å². The Hall–Kier alpha value is -3.11. The maximum absolute atomic E-state index is 13.6. The molecule has 10 heteroatoms. The molecule has 3 aromatic rings. The van der Waals surface area contributed by atoms with Gasteiger partial charge in [0.1, 0.15) is 24.4 Å². The zero-order valence-electron chi connectivity index (χ0n) is 21.3. The van der Waals surface area contributed by atoms with E-state index in [4.69, 9.17) is 4.74 Å². The minimum absolute atomic E-state index is 0.0457. The molecule has 208 valence electrons. The second-order valence-corrected chi connectivity index (χ2v) is 10.7. The van der Waals surface area contributed by atoms with Gasteiger partial charge in [-0.2, -0.15) is 26.3 Å². The van der Waals surface area contributed by atoms with Crippen LogP contribution in [0.5, 0.6) is 5.75 Å². The molecule has 0 radical (unpaired) electrons. The number of hydrogen-bond donors (Lipinski definition) is 1. The second-order valence-electron chi connectivity index (χ2n) is 10.7. The van der Waals surface area contributed by atoms with Gasteiger partial charge in [0.05, 0.1) is 36.8 Å². The van der Waals surface area contributed by atoms with E-state index in [1.54, 1.807) is 30.5 Å². The lowest BCUT2D eigenvalue weighted by molar-refractivity contribution is -0.984. The maximum atomic E-state index is 13.6. The first-order chi connectivity index (χ1) is 18.3. The molecular weight excluding hydrogens is 522 g/mol. The third-order valence-electron chi connectivity index (χ3n) is 8.49. The molecule has 2 bridgehead atoms. The number of methoxy groups -OCH3 is 1. The number of quaternary nitrogens is 1. The van der Waals surface area contributed by atoms with Gasteiger partial charge in [0.2, 0.25) is 0 Å². The Bertz CT molecular complexity index is 1360. The average Bonchev–Trinajstić information content (AvgIpc) is 2.90. The maximum Gasteiger partial charge on any atom is 0.416 e. The zero-order valence-corrected chi connectivity index (χ0v) is 21.3. The third kappa shape index (κ3) is 5.12. The van der Waals surface area contributed by atoms with Crippen LogP contribution in [-0.4, -0.2) is 40.8 Å². The largest absolute Gasteiger partial charge is 0.497 e. The molecule has 0 amide bonds. The third-order valence-corrected chi connectivity index (χ3v) is 8.49. The molecule has 3 fully saturated rings. The van der Waals surface area contributed by atoms with E-state index in [1.165, 1.54) is 7.11 Å². The van der Waals surface area contributed by atoms with Gasteiger partial charge in [0.25, 0.3) is 0 Å². The van der Waals surface area contributed by atoms with Gasteiger partial charge in [-0.05, 0) is 53.9 Å². The van der Waals surface area contributed by atoms with Gasteiger partial charge < -0.3 is 14.3 Å². The summed E-state index contributed by atoms with van der Waals surface area (Å²) in [6.45, 7) is 4.86. The lowest BCUT2D eigenvalue weighted by Gasteiger charge is -2.58. The highest BCUT2D eigenvalue weighted by molar-refractivity contribution is 5.83. The predicted octanol–water partition coefficient (Wildman–Crippen LogP) is 6.93. The van der Waals surface area contributed by atoms with E-state index in [9.17, 15) is 31.4 Å². The first-order valence-corrected chi connectivity index (χ1v) is 12.7. The number of benzene rings is 2. The molecule has 1 N–H and O–H groups in total. The van der Waals surface area contributed by atoms with Crippen LogP contribution in [-0.2, 0) is 18.9 Å². The van der Waals surface area contributed by atoms with Gasteiger partial charge >= 0.3 is 12.4 Å². The van der Waals surface area contributed by atoms with Crippen molar-refractivity contribution in [2.24, 2.45) is 11.8 Å². The van der Waals surface area contributed by atoms with Gasteiger partial charge in [-0.25, -0.2) is 0 Å². The van der Waals surface area contributed by atoms with E-state index in [0.29, 0.717) is 41.7 Å². The van der Waals surface area contributed by atoms with Crippen molar-refractivity contribution >= 4 is 10.9 Å². The molecule has 0 spiro atoms. The number of hydrogen-bond acceptors (Lipinski definition) is 3. The Morgan fingerprint density at radius 1 is 1.08 bits per heavy atom. The number of nitrogens with zero attached hydrogens (tertiary/aromatic N) is 2. The highest BCUT2D eigenvalue weighted by Gasteiger charge is 2.54. The van der Waals surface area contributed by atoms with Crippen LogP contribution in [0.3, 0.4) is 0 Å². The van der Waals surface area contributed by atoms with Gasteiger partial charge in [-0.3, -0.25) is 4.98 Å². The highest BCUT2D eigenvalue weighted by atomic mass is 19.4. The molecule has 39 heavy (non-hydrogen) atoms. The van der Waals surface area contributed by atoms with Crippen LogP contribution in [0.25, 0.3) is 10.9 Å². The summed E-state index contributed by atoms with van der Waals surface area (Å²) in [7, 11) is 1.53. The number of alkyl halides is 6. The Morgan fingerprint density at radius 2 is 1.77 bits per heavy atom. The van der Waals surface area contributed by atoms with Crippen molar-refractivity contribution in [1.82, 2.24) is 4.98 Å². The van der Waals surface area contributed by atoms with Gasteiger partial charge in [0.15, 0.2) is 0 Å². The van der Waals surface area contributed by atoms with Crippen LogP contribution < -0.4 is 4.74 Å². The number of aliphatic hydroxyl groups excluding tert-OH is 1. The lowest BCUT2D eigenvalue weighted by Crippen LogP contribution is -2.67. The summed E-state index contributed by atoms with van der Waals surface area (Å²) in [5.74, 6) is 0.843. The van der Waals surface area contributed by atoms with E-state index in [1.807, 2.05) is 6.08 Å². The summed E-state index contributed by atoms with van der Waals surface area (Å²) < 4.78 is 87.2. The average molecular weight is 552 g/mol. The molecule has 0 saturated carbocycles. The normalized spacial score (nSPS) is 26.0. The molecule has 5 atom stereocenters. The zero-order chi connectivity index (χ0) is 28.2. The summed E-state index contributed by atoms with van der Waals surface area (Å²) in [6, 6.07) is 8.34. The number of rotatable bonds is 6. The number of pyridine rings is 1. The molecule has 3 aliphatic heterocycles. The summed E-state index contributed by atoms with van der Waals surface area (Å²) in [5.41, 5.74) is -1.47. The van der Waals surface area contributed by atoms with Crippen molar-refractivity contribution < 1.29 is 40.7 Å². The second kappa shape index (κ2) is 9.82. The molecule has 3 saturated heterocycles. The van der Waals surface area contributed by atoms with Crippen LogP contribution in [0.1, 0.15) is 41.2 Å². The van der Waals surface area contributed by atoms with Crippen LogP contribution in [0.4, 0.5) is 26.3 Å². The number of piperidine rings is 3. The van der Waals surface area contributed by atoms with E-state index in [-0.39, 0.29) is 34.5 Å². The molecule has 4 nitrogen and oxygen atoms in total. The molecule has 6 rings (SSSR count). The van der Waals surface area contributed by atoms with Crippen molar-refractivity contribution in [3.05, 3.63) is 83.6 Å². The fraction of sp³-hybridized carbons (Fsp3) is 0.414. The SMILES string of the molecule is C=CC1C[N+]2(Cc3cc(C(F)(F)F)cc(C(F)(F)F)c3)CCC1CC2[C@@H](O)c1ccnc2ccc(OC)cc12. The van der Waals surface area contributed by atoms with E-state index in [2.05, 4.69) is 11.6 Å². The Morgan fingerprint density at radius 3 is 2.38 bits per heavy atom. The fourth-order valence-corrected chi connectivity index (χ4v) is 6.59. The van der Waals surface area contributed by atoms with E-state index >= 15 is 0 Å². The number of aliphatic hydroxyl groups is 1. The summed E-state index contributed by atoms with van der Waals surface area (Å²) in [4.78, 5) is 4.37. The quantitative estimate of drug-likeness (QED) is 0.205. The first-order valence-electron chi connectivity index (χ1n) is 12.7. The van der Waals surface area contributed by atoms with Crippen LogP contribution >= 0.6 is 0 Å². The van der Waals surface area contributed by atoms with Crippen LogP contribution in [0.15, 0.2) is 61.3 Å². The topological polar surface area (TPSA) is 42.4 Å². The Kier molecular flexibility index (Phi) is 6.91. The highest BCUT2D eigenvalue weighted by Crippen LogP contribution is 2.48. The van der Waals surface area contributed by atoms with Crippen molar-refractivity contribution in [1.29, 1.82) is 0 Å². The van der Waals surface area contributed by atoms with E-state index in [0.717, 1.165) is 18.6 Å². The Balaban J connectivity index is 1.60. The fourth-order valence-electron chi connectivity index (χ4n) is 6.59.